The Morgan fingerprint density at radius 1 is 1.36 bits per heavy atom. The van der Waals surface area contributed by atoms with Crippen LogP contribution in [-0.2, 0) is 6.54 Å². The average Bonchev–Trinajstić information content (AvgIpc) is 2.84. The van der Waals surface area contributed by atoms with Gasteiger partial charge in [-0.1, -0.05) is 18.2 Å². The zero-order chi connectivity index (χ0) is 15.5. The van der Waals surface area contributed by atoms with Crippen LogP contribution in [0.2, 0.25) is 0 Å². The zero-order valence-corrected chi connectivity index (χ0v) is 12.7. The van der Waals surface area contributed by atoms with Gasteiger partial charge in [-0.15, -0.1) is 0 Å². The van der Waals surface area contributed by atoms with Gasteiger partial charge in [-0.25, -0.2) is 4.68 Å². The highest BCUT2D eigenvalue weighted by molar-refractivity contribution is 5.43. The molecule has 5 nitrogen and oxygen atoms in total. The minimum atomic E-state index is -0.270. The number of para-hydroxylation sites is 1. The Bertz CT molecular complexity index is 687. The highest BCUT2D eigenvalue weighted by Gasteiger charge is 2.22. The van der Waals surface area contributed by atoms with Crippen molar-refractivity contribution in [1.29, 1.82) is 5.26 Å². The fourth-order valence-corrected chi connectivity index (χ4v) is 3.04. The summed E-state index contributed by atoms with van der Waals surface area (Å²) in [5, 5.41) is 23.9. The van der Waals surface area contributed by atoms with Gasteiger partial charge in [-0.2, -0.15) is 10.4 Å². The molecule has 0 saturated carbocycles. The van der Waals surface area contributed by atoms with Gasteiger partial charge in [0.2, 0.25) is 0 Å². The van der Waals surface area contributed by atoms with Crippen LogP contribution in [0.15, 0.2) is 30.3 Å². The van der Waals surface area contributed by atoms with Gasteiger partial charge in [-0.05, 0) is 38.4 Å². The summed E-state index contributed by atoms with van der Waals surface area (Å²) in [5.41, 5.74) is 3.25. The number of benzene rings is 1. The molecule has 3 rings (SSSR count). The lowest BCUT2D eigenvalue weighted by Gasteiger charge is -2.30. The summed E-state index contributed by atoms with van der Waals surface area (Å²) >= 11 is 0. The Morgan fingerprint density at radius 3 is 2.82 bits per heavy atom. The van der Waals surface area contributed by atoms with Gasteiger partial charge >= 0.3 is 0 Å². The van der Waals surface area contributed by atoms with Crippen LogP contribution in [-0.4, -0.2) is 39.0 Å². The minimum absolute atomic E-state index is 0.270. The van der Waals surface area contributed by atoms with Crippen molar-refractivity contribution in [2.24, 2.45) is 0 Å². The molecule has 1 aromatic heterocycles. The third-order valence-corrected chi connectivity index (χ3v) is 4.12. The van der Waals surface area contributed by atoms with Gasteiger partial charge in [-0.3, -0.25) is 4.90 Å². The van der Waals surface area contributed by atoms with Crippen molar-refractivity contribution < 1.29 is 5.11 Å². The van der Waals surface area contributed by atoms with E-state index in [1.54, 1.807) is 0 Å². The summed E-state index contributed by atoms with van der Waals surface area (Å²) < 4.78 is 1.86. The number of aryl methyl sites for hydroxylation is 1. The van der Waals surface area contributed by atoms with Crippen molar-refractivity contribution in [1.82, 2.24) is 14.7 Å². The van der Waals surface area contributed by atoms with Gasteiger partial charge in [0.15, 0.2) is 0 Å². The monoisotopic (exact) mass is 296 g/mol. The van der Waals surface area contributed by atoms with E-state index in [0.29, 0.717) is 18.7 Å². The second kappa shape index (κ2) is 6.30. The van der Waals surface area contributed by atoms with Crippen LogP contribution >= 0.6 is 0 Å². The van der Waals surface area contributed by atoms with Crippen LogP contribution in [0.3, 0.4) is 0 Å². The summed E-state index contributed by atoms with van der Waals surface area (Å²) in [6, 6.07) is 12.2. The molecule has 1 aliphatic heterocycles. The lowest BCUT2D eigenvalue weighted by Crippen LogP contribution is -2.38. The standard InChI is InChI=1S/C17H20N4O/c1-13-16(10-18)17(12-20-9-5-8-15(22)11-20)21(19-13)14-6-3-2-4-7-14/h2-4,6-7,15,22H,5,8-9,11-12H2,1H3. The first kappa shape index (κ1) is 14.8. The quantitative estimate of drug-likeness (QED) is 0.941. The van der Waals surface area contributed by atoms with E-state index in [2.05, 4.69) is 16.1 Å². The Morgan fingerprint density at radius 2 is 2.14 bits per heavy atom. The predicted molar refractivity (Wildman–Crippen MR) is 83.5 cm³/mol. The summed E-state index contributed by atoms with van der Waals surface area (Å²) in [7, 11) is 0. The average molecular weight is 296 g/mol. The molecule has 0 amide bonds. The fourth-order valence-electron chi connectivity index (χ4n) is 3.04. The van der Waals surface area contributed by atoms with Gasteiger partial charge in [0, 0.05) is 13.1 Å². The highest BCUT2D eigenvalue weighted by Crippen LogP contribution is 2.21. The third kappa shape index (κ3) is 2.89. The van der Waals surface area contributed by atoms with Crippen LogP contribution in [0.5, 0.6) is 0 Å². The molecule has 0 spiro atoms. The van der Waals surface area contributed by atoms with Gasteiger partial charge in [0.1, 0.15) is 6.07 Å². The molecule has 5 heteroatoms. The van der Waals surface area contributed by atoms with E-state index in [1.807, 2.05) is 41.9 Å². The number of aliphatic hydroxyl groups is 1. The maximum absolute atomic E-state index is 9.85. The number of β-amino-alcohol motifs (C(OH)–C–C–N with tert-alkyl or cyclic N) is 1. The number of hydrogen-bond acceptors (Lipinski definition) is 4. The molecular formula is C17H20N4O. The molecule has 0 radical (unpaired) electrons. The van der Waals surface area contributed by atoms with E-state index in [9.17, 15) is 10.4 Å². The summed E-state index contributed by atoms with van der Waals surface area (Å²) in [6.45, 7) is 4.10. The van der Waals surface area contributed by atoms with Crippen molar-refractivity contribution in [3.05, 3.63) is 47.3 Å². The van der Waals surface area contributed by atoms with Gasteiger partial charge in [0.25, 0.3) is 0 Å². The lowest BCUT2D eigenvalue weighted by atomic mass is 10.1. The Balaban J connectivity index is 1.96. The number of hydrogen-bond donors (Lipinski definition) is 1. The smallest absolute Gasteiger partial charge is 0.103 e. The van der Waals surface area contributed by atoms with Gasteiger partial charge < -0.3 is 5.11 Å². The molecule has 1 saturated heterocycles. The van der Waals surface area contributed by atoms with Crippen LogP contribution in [0.1, 0.15) is 29.8 Å². The minimum Gasteiger partial charge on any atom is -0.392 e. The zero-order valence-electron chi connectivity index (χ0n) is 12.7. The molecule has 1 aromatic carbocycles. The number of nitriles is 1. The Labute approximate surface area is 130 Å². The third-order valence-electron chi connectivity index (χ3n) is 4.12. The maximum atomic E-state index is 9.85. The van der Waals surface area contributed by atoms with Gasteiger partial charge in [0.05, 0.1) is 28.7 Å². The van der Waals surface area contributed by atoms with Crippen molar-refractivity contribution in [3.63, 3.8) is 0 Å². The maximum Gasteiger partial charge on any atom is 0.103 e. The molecule has 22 heavy (non-hydrogen) atoms. The first-order valence-corrected chi connectivity index (χ1v) is 7.63. The lowest BCUT2D eigenvalue weighted by molar-refractivity contribution is 0.0658. The molecule has 2 aromatic rings. The second-order valence-electron chi connectivity index (χ2n) is 5.80. The van der Waals surface area contributed by atoms with E-state index in [1.165, 1.54) is 0 Å². The van der Waals surface area contributed by atoms with E-state index in [4.69, 9.17) is 0 Å². The topological polar surface area (TPSA) is 65.1 Å². The summed E-state index contributed by atoms with van der Waals surface area (Å²) in [5.74, 6) is 0. The number of nitrogens with zero attached hydrogens (tertiary/aromatic N) is 4. The number of likely N-dealkylation sites (tertiary alicyclic amines) is 1. The van der Waals surface area contributed by atoms with E-state index < -0.39 is 0 Å². The Hall–Kier alpha value is -2.16. The molecule has 2 heterocycles. The number of aromatic nitrogens is 2. The van der Waals surface area contributed by atoms with Crippen LogP contribution in [0.25, 0.3) is 5.69 Å². The molecule has 1 atom stereocenters. The molecule has 0 aliphatic carbocycles. The van der Waals surface area contributed by atoms with Crippen molar-refractivity contribution in [2.45, 2.75) is 32.4 Å². The van der Waals surface area contributed by atoms with E-state index >= 15 is 0 Å². The number of aliphatic hydroxyl groups excluding tert-OH is 1. The van der Waals surface area contributed by atoms with Crippen LogP contribution in [0, 0.1) is 18.3 Å². The molecule has 1 N–H and O–H groups in total. The molecule has 114 valence electrons. The second-order valence-corrected chi connectivity index (χ2v) is 5.80. The predicted octanol–water partition coefficient (Wildman–Crippen LogP) is 2.01. The molecule has 0 bridgehead atoms. The SMILES string of the molecule is Cc1nn(-c2ccccc2)c(CN2CCCC(O)C2)c1C#N. The first-order valence-electron chi connectivity index (χ1n) is 7.63. The van der Waals surface area contributed by atoms with E-state index in [0.717, 1.165) is 36.5 Å². The molecule has 1 aliphatic rings. The van der Waals surface area contributed by atoms with Crippen molar-refractivity contribution in [3.8, 4) is 11.8 Å². The van der Waals surface area contributed by atoms with Crippen LogP contribution < -0.4 is 0 Å². The Kier molecular flexibility index (Phi) is 4.23. The van der Waals surface area contributed by atoms with Crippen molar-refractivity contribution >= 4 is 0 Å². The number of piperidine rings is 1. The molecule has 1 fully saturated rings. The summed E-state index contributed by atoms with van der Waals surface area (Å²) in [4.78, 5) is 2.20. The first-order chi connectivity index (χ1) is 10.7. The number of rotatable bonds is 3. The molecular weight excluding hydrogens is 276 g/mol. The largest absolute Gasteiger partial charge is 0.392 e. The summed E-state index contributed by atoms with van der Waals surface area (Å²) in [6.07, 6.45) is 1.58. The van der Waals surface area contributed by atoms with Crippen LogP contribution in [0.4, 0.5) is 0 Å². The normalized spacial score (nSPS) is 19.0. The molecule has 1 unspecified atom stereocenters. The highest BCUT2D eigenvalue weighted by atomic mass is 16.3. The van der Waals surface area contributed by atoms with E-state index in [-0.39, 0.29) is 6.10 Å². The fraction of sp³-hybridized carbons (Fsp3) is 0.412. The van der Waals surface area contributed by atoms with Crippen molar-refractivity contribution in [2.75, 3.05) is 13.1 Å².